The summed E-state index contributed by atoms with van der Waals surface area (Å²) in [5, 5.41) is 0. The maximum atomic E-state index is 6.38. The van der Waals surface area contributed by atoms with Gasteiger partial charge in [-0.2, -0.15) is 0 Å². The van der Waals surface area contributed by atoms with Crippen LogP contribution in [-0.2, 0) is 0 Å². The molecule has 0 bridgehead atoms. The van der Waals surface area contributed by atoms with Gasteiger partial charge in [0.2, 0.25) is 0 Å². The lowest BCUT2D eigenvalue weighted by molar-refractivity contribution is 0.482. The van der Waals surface area contributed by atoms with Gasteiger partial charge in [0.25, 0.3) is 0 Å². The van der Waals surface area contributed by atoms with Crippen LogP contribution >= 0.6 is 0 Å². The summed E-state index contributed by atoms with van der Waals surface area (Å²) >= 11 is 0. The molecule has 0 saturated carbocycles. The van der Waals surface area contributed by atoms with Crippen molar-refractivity contribution in [2.45, 2.75) is 27.7 Å². The fraction of sp³-hybridized carbons (Fsp3) is 0.0943. The first kappa shape index (κ1) is 37.7. The highest BCUT2D eigenvalue weighted by atomic mass is 16.5. The summed E-state index contributed by atoms with van der Waals surface area (Å²) in [7, 11) is 2.08. The molecule has 0 fully saturated rings. The average molecular weight is 758 g/mol. The van der Waals surface area contributed by atoms with E-state index in [4.69, 9.17) is 9.47 Å². The zero-order valence-corrected chi connectivity index (χ0v) is 33.6. The van der Waals surface area contributed by atoms with Gasteiger partial charge in [0.15, 0.2) is 0 Å². The summed E-state index contributed by atoms with van der Waals surface area (Å²) < 4.78 is 12.7. The van der Waals surface area contributed by atoms with Crippen LogP contribution < -0.4 is 24.2 Å². The van der Waals surface area contributed by atoms with Crippen LogP contribution in [-0.4, -0.2) is 7.05 Å². The molecule has 0 aromatic heterocycles. The second-order valence-electron chi connectivity index (χ2n) is 14.8. The summed E-state index contributed by atoms with van der Waals surface area (Å²) in [5.74, 6) is 3.07. The number of benzene rings is 8. The minimum absolute atomic E-state index is 0.759. The van der Waals surface area contributed by atoms with Crippen LogP contribution in [0.4, 0.5) is 45.5 Å². The first-order chi connectivity index (χ1) is 28.3. The molecule has 58 heavy (non-hydrogen) atoms. The Bertz CT molecular complexity index is 2540. The van der Waals surface area contributed by atoms with Gasteiger partial charge in [0.1, 0.15) is 23.0 Å². The monoisotopic (exact) mass is 757 g/mol. The van der Waals surface area contributed by atoms with Crippen LogP contribution in [0.15, 0.2) is 194 Å². The van der Waals surface area contributed by atoms with Gasteiger partial charge in [-0.15, -0.1) is 0 Å². The number of anilines is 8. The average Bonchev–Trinajstić information content (AvgIpc) is 3.24. The fourth-order valence-electron chi connectivity index (χ4n) is 7.03. The van der Waals surface area contributed by atoms with E-state index < -0.39 is 0 Å². The molecule has 0 heterocycles. The molecule has 0 radical (unpaired) electrons. The number of hydrogen-bond acceptors (Lipinski definition) is 5. The molecule has 0 aliphatic heterocycles. The van der Waals surface area contributed by atoms with Crippen molar-refractivity contribution in [1.82, 2.24) is 0 Å². The van der Waals surface area contributed by atoms with E-state index in [2.05, 4.69) is 195 Å². The second kappa shape index (κ2) is 16.9. The number of hydrogen-bond donors (Lipinski definition) is 0. The van der Waals surface area contributed by atoms with Gasteiger partial charge >= 0.3 is 0 Å². The number of rotatable bonds is 12. The van der Waals surface area contributed by atoms with Crippen LogP contribution in [0.2, 0.25) is 0 Å². The smallest absolute Gasteiger partial charge is 0.127 e. The van der Waals surface area contributed by atoms with Gasteiger partial charge in [0.05, 0.1) is 0 Å². The van der Waals surface area contributed by atoms with Crippen molar-refractivity contribution in [2.24, 2.45) is 0 Å². The highest BCUT2D eigenvalue weighted by Crippen LogP contribution is 2.39. The van der Waals surface area contributed by atoms with Crippen molar-refractivity contribution in [3.8, 4) is 23.0 Å². The maximum absolute atomic E-state index is 6.38. The first-order valence-electron chi connectivity index (χ1n) is 19.6. The van der Waals surface area contributed by atoms with Crippen LogP contribution in [0.25, 0.3) is 0 Å². The standard InChI is InChI=1S/C53H47N3O2/c1-38-12-16-43(17-13-38)55(44-18-14-39(2)15-19-44)45-22-30-51(31-23-45)58-53-34-26-47(27-35-53)56(49-11-7-9-41(4)37-49)46-24-32-52(33-25-46)57-50-28-20-42(21-29-50)54(5)48-10-6-8-40(3)36-48/h6-37H,1-5H3. The van der Waals surface area contributed by atoms with Gasteiger partial charge in [-0.25, -0.2) is 0 Å². The molecule has 8 rings (SSSR count). The number of aryl methyl sites for hydroxylation is 4. The summed E-state index contributed by atoms with van der Waals surface area (Å²) in [6.07, 6.45) is 0. The molecule has 5 nitrogen and oxygen atoms in total. The highest BCUT2D eigenvalue weighted by molar-refractivity contribution is 5.78. The van der Waals surface area contributed by atoms with Crippen molar-refractivity contribution in [1.29, 1.82) is 0 Å². The van der Waals surface area contributed by atoms with Gasteiger partial charge in [-0.1, -0.05) is 59.7 Å². The molecule has 8 aromatic rings. The lowest BCUT2D eigenvalue weighted by Gasteiger charge is -2.26. The van der Waals surface area contributed by atoms with Crippen molar-refractivity contribution in [3.63, 3.8) is 0 Å². The molecule has 0 saturated heterocycles. The lowest BCUT2D eigenvalue weighted by Crippen LogP contribution is -2.10. The maximum Gasteiger partial charge on any atom is 0.127 e. The van der Waals surface area contributed by atoms with Gasteiger partial charge < -0.3 is 24.2 Å². The first-order valence-corrected chi connectivity index (χ1v) is 19.6. The summed E-state index contributed by atoms with van der Waals surface area (Å²) in [6, 6.07) is 67.2. The Morgan fingerprint density at radius 1 is 0.276 bits per heavy atom. The Morgan fingerprint density at radius 3 is 0.931 bits per heavy atom. The molecule has 0 aliphatic rings. The van der Waals surface area contributed by atoms with E-state index in [-0.39, 0.29) is 0 Å². The Morgan fingerprint density at radius 2 is 0.569 bits per heavy atom. The molecule has 0 spiro atoms. The topological polar surface area (TPSA) is 28.2 Å². The van der Waals surface area contributed by atoms with Gasteiger partial charge in [0, 0.05) is 52.5 Å². The summed E-state index contributed by atoms with van der Waals surface area (Å²) in [5.41, 5.74) is 13.5. The van der Waals surface area contributed by atoms with Crippen LogP contribution in [0.3, 0.4) is 0 Å². The molecule has 0 unspecified atom stereocenters. The molecule has 0 atom stereocenters. The SMILES string of the molecule is Cc1ccc(N(c2ccc(C)cc2)c2ccc(Oc3ccc(N(c4ccc(Oc5ccc(N(C)c6cccc(C)c6)cc5)cc4)c4cccc(C)c4)cc3)cc2)cc1. The largest absolute Gasteiger partial charge is 0.457 e. The number of nitrogens with zero attached hydrogens (tertiary/aromatic N) is 3. The molecular weight excluding hydrogens is 711 g/mol. The summed E-state index contributed by atoms with van der Waals surface area (Å²) in [6.45, 7) is 8.45. The quantitative estimate of drug-likeness (QED) is 0.124. The van der Waals surface area contributed by atoms with Crippen LogP contribution in [0.5, 0.6) is 23.0 Å². The van der Waals surface area contributed by atoms with E-state index in [1.807, 2.05) is 48.5 Å². The summed E-state index contributed by atoms with van der Waals surface area (Å²) in [4.78, 5) is 6.69. The molecular formula is C53H47N3O2. The zero-order valence-electron chi connectivity index (χ0n) is 33.6. The molecule has 5 heteroatoms. The highest BCUT2D eigenvalue weighted by Gasteiger charge is 2.15. The minimum atomic E-state index is 0.759. The van der Waals surface area contributed by atoms with Gasteiger partial charge in [-0.05, 0) is 184 Å². The van der Waals surface area contributed by atoms with Crippen molar-refractivity contribution in [3.05, 3.63) is 216 Å². The van der Waals surface area contributed by atoms with E-state index >= 15 is 0 Å². The van der Waals surface area contributed by atoms with E-state index in [0.717, 1.165) is 68.5 Å². The molecule has 8 aromatic carbocycles. The lowest BCUT2D eigenvalue weighted by atomic mass is 10.1. The van der Waals surface area contributed by atoms with Crippen LogP contribution in [0, 0.1) is 27.7 Å². The fourth-order valence-corrected chi connectivity index (χ4v) is 7.03. The predicted molar refractivity (Wildman–Crippen MR) is 242 cm³/mol. The third kappa shape index (κ3) is 8.75. The molecule has 286 valence electrons. The number of ether oxygens (including phenoxy) is 2. The Labute approximate surface area is 342 Å². The van der Waals surface area contributed by atoms with Crippen molar-refractivity contribution < 1.29 is 9.47 Å². The van der Waals surface area contributed by atoms with Gasteiger partial charge in [-0.3, -0.25) is 0 Å². The predicted octanol–water partition coefficient (Wildman–Crippen LogP) is 15.2. The van der Waals surface area contributed by atoms with E-state index in [9.17, 15) is 0 Å². The Hall–Kier alpha value is -7.24. The van der Waals surface area contributed by atoms with E-state index in [1.54, 1.807) is 0 Å². The third-order valence-electron chi connectivity index (χ3n) is 10.2. The normalized spacial score (nSPS) is 10.8. The van der Waals surface area contributed by atoms with E-state index in [0.29, 0.717) is 0 Å². The minimum Gasteiger partial charge on any atom is -0.457 e. The Balaban J connectivity index is 0.984. The van der Waals surface area contributed by atoms with Crippen LogP contribution in [0.1, 0.15) is 22.3 Å². The zero-order chi connectivity index (χ0) is 40.0. The molecule has 0 aliphatic carbocycles. The third-order valence-corrected chi connectivity index (χ3v) is 10.2. The van der Waals surface area contributed by atoms with Crippen molar-refractivity contribution in [2.75, 3.05) is 21.7 Å². The second-order valence-corrected chi connectivity index (χ2v) is 14.8. The molecule has 0 amide bonds. The van der Waals surface area contributed by atoms with E-state index in [1.165, 1.54) is 22.3 Å². The Kier molecular flexibility index (Phi) is 11.0. The van der Waals surface area contributed by atoms with Crippen molar-refractivity contribution >= 4 is 45.5 Å². The molecule has 0 N–H and O–H groups in total.